The first-order valence-corrected chi connectivity index (χ1v) is 10.2. The summed E-state index contributed by atoms with van der Waals surface area (Å²) in [6, 6.07) is 38.0. The van der Waals surface area contributed by atoms with Gasteiger partial charge < -0.3 is 36.1 Å². The van der Waals surface area contributed by atoms with Gasteiger partial charge in [0.05, 0.1) is 0 Å². The van der Waals surface area contributed by atoms with Crippen LogP contribution in [0.15, 0.2) is 109 Å². The molecule has 3 heteroatoms. The van der Waals surface area contributed by atoms with Crippen LogP contribution in [0.5, 0.6) is 0 Å². The predicted octanol–water partition coefficient (Wildman–Crippen LogP) is 4.59. The van der Waals surface area contributed by atoms with Crippen LogP contribution in [0.2, 0.25) is 0 Å². The van der Waals surface area contributed by atoms with E-state index < -0.39 is 7.92 Å². The molecule has 0 radical (unpaired) electrons. The van der Waals surface area contributed by atoms with Crippen LogP contribution in [0.4, 0.5) is 0 Å². The Labute approximate surface area is 174 Å². The average Bonchev–Trinajstić information content (AvgIpc) is 3.39. The monoisotopic (exact) mass is 413 g/mol. The Bertz CT molecular complexity index is 810. The van der Waals surface area contributed by atoms with Crippen LogP contribution < -0.4 is 21.6 Å². The number of nitrogens with two attached hydrogens (primary N) is 1. The van der Waals surface area contributed by atoms with Gasteiger partial charge in [-0.3, -0.25) is 0 Å². The minimum Gasteiger partial charge on any atom is -0.748 e. The first kappa shape index (κ1) is 21.4. The van der Waals surface area contributed by atoms with Gasteiger partial charge in [0.2, 0.25) is 0 Å². The fraction of sp³-hybridized carbons (Fsp3) is 0.0833. The fourth-order valence-corrected chi connectivity index (χ4v) is 5.48. The first-order chi connectivity index (χ1) is 12.8. The molecule has 0 spiro atoms. The van der Waals surface area contributed by atoms with Gasteiger partial charge in [-0.25, -0.2) is 12.1 Å². The molecule has 1 nitrogen and oxygen atoms in total. The Morgan fingerprint density at radius 2 is 1.19 bits per heavy atom. The van der Waals surface area contributed by atoms with E-state index in [1.807, 2.05) is 30.3 Å². The van der Waals surface area contributed by atoms with Gasteiger partial charge >= 0.3 is 0 Å². The summed E-state index contributed by atoms with van der Waals surface area (Å²) in [7, 11) is -0.542. The van der Waals surface area contributed by atoms with Gasteiger partial charge in [0.1, 0.15) is 0 Å². The van der Waals surface area contributed by atoms with Gasteiger partial charge in [-0.1, -0.05) is 67.6 Å². The normalized spacial score (nSPS) is 11.2. The van der Waals surface area contributed by atoms with Crippen LogP contribution in [0.25, 0.3) is 0 Å². The van der Waals surface area contributed by atoms with Gasteiger partial charge in [0.15, 0.2) is 0 Å². The zero-order valence-corrected chi connectivity index (χ0v) is 17.3. The Hall–Kier alpha value is -1.95. The second-order valence-corrected chi connectivity index (χ2v) is 8.31. The standard InChI is InChI=1S/C19H19NP.C5H5.Fe/c1-15(20)18-13-8-14-19(18)21(16-9-4-2-5-10-16)17-11-6-3-7-12-17;1-2-4-5-3-1;/h2-15H,20H2,1H3;1-5H;/q-1;-5;/t15-;;/m1../s1. The molecule has 0 heterocycles. The number of rotatable bonds is 4. The smallest absolute Gasteiger partial charge is 0 e. The molecule has 2 N–H and O–H groups in total. The van der Waals surface area contributed by atoms with E-state index in [4.69, 9.17) is 5.73 Å². The van der Waals surface area contributed by atoms with Crippen molar-refractivity contribution in [2.24, 2.45) is 5.73 Å². The molecule has 0 unspecified atom stereocenters. The predicted molar refractivity (Wildman–Crippen MR) is 115 cm³/mol. The van der Waals surface area contributed by atoms with Gasteiger partial charge in [0, 0.05) is 17.1 Å². The first-order valence-electron chi connectivity index (χ1n) is 8.85. The van der Waals surface area contributed by atoms with Crippen LogP contribution in [-0.2, 0) is 17.1 Å². The van der Waals surface area contributed by atoms with Gasteiger partial charge in [-0.15, -0.1) is 10.9 Å². The molecular weight excluding hydrogens is 389 g/mol. The molecular formula is C24H24FeNP-6. The topological polar surface area (TPSA) is 26.0 Å². The quantitative estimate of drug-likeness (QED) is 0.296. The zero-order chi connectivity index (χ0) is 18.2. The molecule has 1 atom stereocenters. The summed E-state index contributed by atoms with van der Waals surface area (Å²) in [5.74, 6) is 0. The van der Waals surface area contributed by atoms with Crippen LogP contribution >= 0.6 is 7.92 Å². The maximum Gasteiger partial charge on any atom is 0 e. The molecule has 0 amide bonds. The van der Waals surface area contributed by atoms with Crippen LogP contribution in [0, 0.1) is 0 Å². The Kier molecular flexibility index (Phi) is 8.71. The second-order valence-electron chi connectivity index (χ2n) is 6.12. The van der Waals surface area contributed by atoms with Crippen molar-refractivity contribution in [2.75, 3.05) is 0 Å². The summed E-state index contributed by atoms with van der Waals surface area (Å²) >= 11 is 0. The third-order valence-electron chi connectivity index (χ3n) is 4.14. The minimum atomic E-state index is -0.542. The van der Waals surface area contributed by atoms with E-state index in [1.54, 1.807) is 0 Å². The minimum absolute atomic E-state index is 0. The van der Waals surface area contributed by atoms with Crippen molar-refractivity contribution in [3.05, 3.63) is 115 Å². The summed E-state index contributed by atoms with van der Waals surface area (Å²) in [5.41, 5.74) is 7.42. The summed E-state index contributed by atoms with van der Waals surface area (Å²) in [5, 5.41) is 4.11. The van der Waals surface area contributed by atoms with Crippen molar-refractivity contribution in [2.45, 2.75) is 13.0 Å². The molecule has 0 aliphatic rings. The van der Waals surface area contributed by atoms with Crippen molar-refractivity contribution in [3.8, 4) is 0 Å². The summed E-state index contributed by atoms with van der Waals surface area (Å²) < 4.78 is 0. The molecule has 0 aliphatic heterocycles. The molecule has 0 aliphatic carbocycles. The molecule has 0 bridgehead atoms. The Morgan fingerprint density at radius 3 is 1.59 bits per heavy atom. The third kappa shape index (κ3) is 5.76. The van der Waals surface area contributed by atoms with E-state index in [0.717, 1.165) is 0 Å². The van der Waals surface area contributed by atoms with Crippen molar-refractivity contribution in [3.63, 3.8) is 0 Å². The van der Waals surface area contributed by atoms with Crippen LogP contribution in [-0.4, -0.2) is 0 Å². The second kappa shape index (κ2) is 11.0. The van der Waals surface area contributed by atoms with E-state index in [2.05, 4.69) is 85.8 Å². The van der Waals surface area contributed by atoms with Crippen molar-refractivity contribution in [1.29, 1.82) is 0 Å². The third-order valence-corrected chi connectivity index (χ3v) is 6.66. The van der Waals surface area contributed by atoms with Crippen LogP contribution in [0.1, 0.15) is 18.5 Å². The maximum atomic E-state index is 6.16. The molecule has 0 saturated heterocycles. The number of hydrogen-bond donors (Lipinski definition) is 1. The van der Waals surface area contributed by atoms with Crippen LogP contribution in [0.3, 0.4) is 0 Å². The average molecular weight is 413 g/mol. The van der Waals surface area contributed by atoms with Gasteiger partial charge in [-0.05, 0) is 24.6 Å². The molecule has 0 saturated carbocycles. The molecule has 4 aromatic rings. The van der Waals surface area contributed by atoms with Crippen molar-refractivity contribution < 1.29 is 17.1 Å². The largest absolute Gasteiger partial charge is 0.748 e. The van der Waals surface area contributed by atoms with E-state index in [0.29, 0.717) is 0 Å². The van der Waals surface area contributed by atoms with Gasteiger partial charge in [-0.2, -0.15) is 6.07 Å². The number of hydrogen-bond acceptors (Lipinski definition) is 1. The summed E-state index contributed by atoms with van der Waals surface area (Å²) in [4.78, 5) is 0. The van der Waals surface area contributed by atoms with E-state index in [9.17, 15) is 0 Å². The maximum absolute atomic E-state index is 6.16. The van der Waals surface area contributed by atoms with E-state index in [-0.39, 0.29) is 23.1 Å². The Balaban J connectivity index is 0.000000379. The van der Waals surface area contributed by atoms with Crippen molar-refractivity contribution in [1.82, 2.24) is 0 Å². The van der Waals surface area contributed by atoms with Gasteiger partial charge in [0.25, 0.3) is 0 Å². The molecule has 0 fully saturated rings. The fourth-order valence-electron chi connectivity index (χ4n) is 2.92. The molecule has 144 valence electrons. The molecule has 27 heavy (non-hydrogen) atoms. The Morgan fingerprint density at radius 1 is 0.741 bits per heavy atom. The summed E-state index contributed by atoms with van der Waals surface area (Å²) in [6.45, 7) is 2.06. The van der Waals surface area contributed by atoms with E-state index >= 15 is 0 Å². The molecule has 4 rings (SSSR count). The summed E-state index contributed by atoms with van der Waals surface area (Å²) in [6.07, 6.45) is 0. The zero-order valence-electron chi connectivity index (χ0n) is 15.3. The number of benzene rings is 2. The molecule has 4 aromatic carbocycles. The van der Waals surface area contributed by atoms with Crippen molar-refractivity contribution >= 4 is 23.8 Å². The molecule has 0 aromatic heterocycles. The SMILES string of the molecule is C[C@@H](N)[c-]1cccc1P(c1ccccc1)c1ccccc1.[Fe].[cH-]1[cH-][cH-][cH-][cH-]1. The van der Waals surface area contributed by atoms with E-state index in [1.165, 1.54) is 21.5 Å².